The van der Waals surface area contributed by atoms with E-state index in [-0.39, 0.29) is 5.41 Å². The van der Waals surface area contributed by atoms with Crippen LogP contribution in [0.1, 0.15) is 39.8 Å². The lowest BCUT2D eigenvalue weighted by atomic mass is 9.92. The van der Waals surface area contributed by atoms with E-state index in [2.05, 4.69) is 68.2 Å². The number of aromatic nitrogens is 3. The molecule has 5 nitrogen and oxygen atoms in total. The first-order valence-electron chi connectivity index (χ1n) is 7.53. The Morgan fingerprint density at radius 3 is 2.67 bits per heavy atom. The van der Waals surface area contributed by atoms with Crippen molar-refractivity contribution in [2.24, 2.45) is 0 Å². The Morgan fingerprint density at radius 1 is 1.33 bits per heavy atom. The molecule has 0 aliphatic rings. The lowest BCUT2D eigenvalue weighted by molar-refractivity contribution is 0.390. The third kappa shape index (κ3) is 3.94. The number of hydrogen-bond acceptors (Lipinski definition) is 4. The monoisotopic (exact) mass is 289 g/mol. The summed E-state index contributed by atoms with van der Waals surface area (Å²) in [7, 11) is 4.19. The van der Waals surface area contributed by atoms with Crippen LogP contribution in [0.25, 0.3) is 5.52 Å². The second-order valence-electron chi connectivity index (χ2n) is 7.02. The summed E-state index contributed by atoms with van der Waals surface area (Å²) in [5.41, 5.74) is 2.17. The largest absolute Gasteiger partial charge is 0.366 e. The smallest absolute Gasteiger partial charge is 0.152 e. The first-order chi connectivity index (χ1) is 9.77. The van der Waals surface area contributed by atoms with Gasteiger partial charge in [0.2, 0.25) is 0 Å². The summed E-state index contributed by atoms with van der Waals surface area (Å²) in [5.74, 6) is 0.909. The summed E-state index contributed by atoms with van der Waals surface area (Å²) >= 11 is 0. The molecule has 0 radical (unpaired) electrons. The maximum absolute atomic E-state index is 4.65. The minimum Gasteiger partial charge on any atom is -0.366 e. The highest BCUT2D eigenvalue weighted by Gasteiger charge is 2.19. The van der Waals surface area contributed by atoms with Crippen molar-refractivity contribution in [3.63, 3.8) is 0 Å². The van der Waals surface area contributed by atoms with Crippen LogP contribution in [0.5, 0.6) is 0 Å². The first-order valence-corrected chi connectivity index (χ1v) is 7.53. The van der Waals surface area contributed by atoms with E-state index >= 15 is 0 Å². The summed E-state index contributed by atoms with van der Waals surface area (Å²) < 4.78 is 1.91. The maximum atomic E-state index is 4.65. The molecule has 0 saturated carbocycles. The van der Waals surface area contributed by atoms with E-state index in [1.807, 2.05) is 10.7 Å². The summed E-state index contributed by atoms with van der Waals surface area (Å²) in [6.07, 6.45) is 4.78. The molecule has 0 aromatic carbocycles. The van der Waals surface area contributed by atoms with Gasteiger partial charge in [0, 0.05) is 23.9 Å². The Balaban J connectivity index is 2.22. The van der Waals surface area contributed by atoms with Crippen LogP contribution in [0.3, 0.4) is 0 Å². The van der Waals surface area contributed by atoms with Gasteiger partial charge in [-0.25, -0.2) is 9.50 Å². The molecule has 21 heavy (non-hydrogen) atoms. The molecule has 2 aromatic rings. The molecule has 0 saturated heterocycles. The Morgan fingerprint density at radius 2 is 2.05 bits per heavy atom. The molecule has 0 fully saturated rings. The van der Waals surface area contributed by atoms with Crippen molar-refractivity contribution in [2.75, 3.05) is 26.0 Å². The van der Waals surface area contributed by atoms with Crippen molar-refractivity contribution in [3.05, 3.63) is 24.2 Å². The summed E-state index contributed by atoms with van der Waals surface area (Å²) in [6.45, 7) is 9.78. The molecule has 0 bridgehead atoms. The standard InChI is InChI=1S/C16H27N5/c1-12(7-9-20(5)6)18-15-13-11-14(16(2,3)4)19-21(13)10-8-17-15/h8,10-12H,7,9H2,1-6H3,(H,17,18). The molecular formula is C16H27N5. The molecule has 2 heterocycles. The Kier molecular flexibility index (Phi) is 4.52. The Bertz CT molecular complexity index is 594. The SMILES string of the molecule is CC(CCN(C)C)Nc1nccn2nc(C(C)(C)C)cc12. The van der Waals surface area contributed by atoms with Crippen LogP contribution in [-0.4, -0.2) is 46.2 Å². The van der Waals surface area contributed by atoms with E-state index in [4.69, 9.17) is 0 Å². The maximum Gasteiger partial charge on any atom is 0.152 e. The number of rotatable bonds is 5. The van der Waals surface area contributed by atoms with Crippen LogP contribution in [0, 0.1) is 0 Å². The lowest BCUT2D eigenvalue weighted by Gasteiger charge is -2.17. The second-order valence-corrected chi connectivity index (χ2v) is 7.02. The van der Waals surface area contributed by atoms with Gasteiger partial charge in [0.25, 0.3) is 0 Å². The van der Waals surface area contributed by atoms with Gasteiger partial charge >= 0.3 is 0 Å². The zero-order valence-electron chi connectivity index (χ0n) is 14.0. The lowest BCUT2D eigenvalue weighted by Crippen LogP contribution is -2.23. The van der Waals surface area contributed by atoms with Crippen molar-refractivity contribution in [2.45, 2.75) is 45.6 Å². The highest BCUT2D eigenvalue weighted by molar-refractivity contribution is 5.68. The quantitative estimate of drug-likeness (QED) is 0.919. The van der Waals surface area contributed by atoms with Crippen LogP contribution in [-0.2, 0) is 5.41 Å². The van der Waals surface area contributed by atoms with Crippen LogP contribution in [0.4, 0.5) is 5.82 Å². The van der Waals surface area contributed by atoms with E-state index in [1.165, 1.54) is 0 Å². The van der Waals surface area contributed by atoms with Gasteiger partial charge < -0.3 is 10.2 Å². The van der Waals surface area contributed by atoms with Gasteiger partial charge in [0.15, 0.2) is 5.82 Å². The summed E-state index contributed by atoms with van der Waals surface area (Å²) in [4.78, 5) is 6.68. The highest BCUT2D eigenvalue weighted by Crippen LogP contribution is 2.24. The third-order valence-electron chi connectivity index (χ3n) is 3.55. The normalized spacial score (nSPS) is 13.9. The molecule has 0 amide bonds. The number of nitrogens with one attached hydrogen (secondary N) is 1. The van der Waals surface area contributed by atoms with Gasteiger partial charge in [0.05, 0.1) is 5.69 Å². The minimum absolute atomic E-state index is 0.0415. The van der Waals surface area contributed by atoms with E-state index in [9.17, 15) is 0 Å². The molecule has 1 unspecified atom stereocenters. The second kappa shape index (κ2) is 6.02. The molecular weight excluding hydrogens is 262 g/mol. The summed E-state index contributed by atoms with van der Waals surface area (Å²) in [5, 5.41) is 8.16. The van der Waals surface area contributed by atoms with Crippen molar-refractivity contribution < 1.29 is 0 Å². The zero-order chi connectivity index (χ0) is 15.6. The van der Waals surface area contributed by atoms with Crippen LogP contribution in [0.2, 0.25) is 0 Å². The van der Waals surface area contributed by atoms with E-state index in [1.54, 1.807) is 6.20 Å². The fourth-order valence-electron chi connectivity index (χ4n) is 2.16. The summed E-state index contributed by atoms with van der Waals surface area (Å²) in [6, 6.07) is 2.51. The first kappa shape index (κ1) is 15.8. The van der Waals surface area contributed by atoms with Crippen molar-refractivity contribution in [1.29, 1.82) is 0 Å². The number of fused-ring (bicyclic) bond motifs is 1. The number of nitrogens with zero attached hydrogens (tertiary/aromatic N) is 4. The third-order valence-corrected chi connectivity index (χ3v) is 3.55. The molecule has 2 aromatic heterocycles. The van der Waals surface area contributed by atoms with Crippen molar-refractivity contribution in [1.82, 2.24) is 19.5 Å². The molecule has 0 aliphatic heterocycles. The van der Waals surface area contributed by atoms with Gasteiger partial charge in [-0.3, -0.25) is 0 Å². The highest BCUT2D eigenvalue weighted by atomic mass is 15.2. The zero-order valence-corrected chi connectivity index (χ0v) is 14.0. The average Bonchev–Trinajstić information content (AvgIpc) is 2.81. The van der Waals surface area contributed by atoms with Crippen molar-refractivity contribution in [3.8, 4) is 0 Å². The van der Waals surface area contributed by atoms with Crippen LogP contribution >= 0.6 is 0 Å². The molecule has 0 aliphatic carbocycles. The van der Waals surface area contributed by atoms with Crippen LogP contribution in [0.15, 0.2) is 18.5 Å². The van der Waals surface area contributed by atoms with Gasteiger partial charge in [-0.05, 0) is 40.1 Å². The molecule has 0 spiro atoms. The van der Waals surface area contributed by atoms with Gasteiger partial charge in [0.1, 0.15) is 5.52 Å². The minimum atomic E-state index is 0.0415. The van der Waals surface area contributed by atoms with Gasteiger partial charge in [-0.2, -0.15) is 5.10 Å². The molecule has 2 rings (SSSR count). The van der Waals surface area contributed by atoms with E-state index < -0.39 is 0 Å². The molecule has 1 N–H and O–H groups in total. The fourth-order valence-corrected chi connectivity index (χ4v) is 2.16. The van der Waals surface area contributed by atoms with E-state index in [0.29, 0.717) is 6.04 Å². The number of anilines is 1. The fraction of sp³-hybridized carbons (Fsp3) is 0.625. The predicted octanol–water partition coefficient (Wildman–Crippen LogP) is 2.78. The van der Waals surface area contributed by atoms with Crippen LogP contribution < -0.4 is 5.32 Å². The van der Waals surface area contributed by atoms with Crippen molar-refractivity contribution >= 4 is 11.3 Å². The Labute approximate surface area is 127 Å². The van der Waals surface area contributed by atoms with Gasteiger partial charge in [-0.15, -0.1) is 0 Å². The molecule has 116 valence electrons. The number of hydrogen-bond donors (Lipinski definition) is 1. The molecule has 5 heteroatoms. The average molecular weight is 289 g/mol. The predicted molar refractivity (Wildman–Crippen MR) is 87.9 cm³/mol. The Hall–Kier alpha value is -1.62. The topological polar surface area (TPSA) is 45.5 Å². The van der Waals surface area contributed by atoms with E-state index in [0.717, 1.165) is 30.0 Å². The molecule has 1 atom stereocenters. The van der Waals surface area contributed by atoms with Gasteiger partial charge in [-0.1, -0.05) is 20.8 Å².